The van der Waals surface area contributed by atoms with Gasteiger partial charge >= 0.3 is 5.69 Å². The summed E-state index contributed by atoms with van der Waals surface area (Å²) in [7, 11) is 3.44. The molecule has 154 valence electrons. The summed E-state index contributed by atoms with van der Waals surface area (Å²) >= 11 is 0.944. The Morgan fingerprint density at radius 3 is 2.45 bits per heavy atom. The maximum Gasteiger partial charge on any atom is 0.328 e. The number of aryl methyl sites for hydroxylation is 2. The van der Waals surface area contributed by atoms with Gasteiger partial charge in [-0.3, -0.25) is 23.6 Å². The maximum atomic E-state index is 13.0. The number of aromatic nitrogens is 2. The summed E-state index contributed by atoms with van der Waals surface area (Å²) in [5.41, 5.74) is 3.18. The number of hydrogen-bond acceptors (Lipinski definition) is 4. The highest BCUT2D eigenvalue weighted by Gasteiger charge is 2.35. The fraction of sp³-hybridized carbons (Fsp3) is 0.125. The molecule has 0 bridgehead atoms. The molecule has 3 aromatic carbocycles. The van der Waals surface area contributed by atoms with Crippen LogP contribution in [0.15, 0.2) is 70.4 Å². The van der Waals surface area contributed by atoms with Gasteiger partial charge in [-0.1, -0.05) is 48.5 Å². The van der Waals surface area contributed by atoms with Crippen LogP contribution in [0.3, 0.4) is 0 Å². The van der Waals surface area contributed by atoms with Crippen LogP contribution in [0.5, 0.6) is 0 Å². The van der Waals surface area contributed by atoms with Crippen molar-refractivity contribution in [2.75, 3.05) is 0 Å². The van der Waals surface area contributed by atoms with Gasteiger partial charge in [-0.05, 0) is 51.9 Å². The Bertz CT molecular complexity index is 1470. The van der Waals surface area contributed by atoms with Gasteiger partial charge in [0.05, 0.1) is 22.5 Å². The summed E-state index contributed by atoms with van der Waals surface area (Å²) in [6.07, 6.45) is 1.71. The van der Waals surface area contributed by atoms with Gasteiger partial charge in [0, 0.05) is 14.1 Å². The molecule has 0 N–H and O–H groups in total. The molecule has 6 nitrogen and oxygen atoms in total. The summed E-state index contributed by atoms with van der Waals surface area (Å²) in [6, 6.07) is 19.4. The molecule has 2 heterocycles. The number of carbonyl (C=O) groups excluding carboxylic acids is 2. The number of benzene rings is 3. The van der Waals surface area contributed by atoms with Crippen molar-refractivity contribution in [1.82, 2.24) is 14.0 Å². The van der Waals surface area contributed by atoms with E-state index in [1.165, 1.54) is 4.90 Å². The average Bonchev–Trinajstić information content (AvgIpc) is 3.16. The highest BCUT2D eigenvalue weighted by atomic mass is 32.2. The van der Waals surface area contributed by atoms with E-state index in [1.807, 2.05) is 60.7 Å². The van der Waals surface area contributed by atoms with Crippen LogP contribution in [0.4, 0.5) is 4.79 Å². The SMILES string of the molecule is Cn1c(=O)n(C)c2cc(/C=C3/SC(=O)N(Cc4cccc5ccccc45)C3=O)ccc21. The first-order valence-corrected chi connectivity index (χ1v) is 10.6. The third-order valence-electron chi connectivity index (χ3n) is 5.68. The van der Waals surface area contributed by atoms with Crippen LogP contribution in [-0.4, -0.2) is 25.2 Å². The van der Waals surface area contributed by atoms with Crippen LogP contribution in [-0.2, 0) is 25.4 Å². The van der Waals surface area contributed by atoms with Crippen LogP contribution in [0.2, 0.25) is 0 Å². The van der Waals surface area contributed by atoms with Crippen LogP contribution in [0, 0.1) is 0 Å². The Morgan fingerprint density at radius 1 is 0.871 bits per heavy atom. The molecule has 31 heavy (non-hydrogen) atoms. The summed E-state index contributed by atoms with van der Waals surface area (Å²) in [6.45, 7) is 0.232. The molecule has 0 unspecified atom stereocenters. The Kier molecular flexibility index (Phi) is 4.55. The first kappa shape index (κ1) is 19.4. The molecule has 2 amide bonds. The van der Waals surface area contributed by atoms with Gasteiger partial charge in [-0.25, -0.2) is 4.79 Å². The largest absolute Gasteiger partial charge is 0.328 e. The van der Waals surface area contributed by atoms with Crippen molar-refractivity contribution >= 4 is 50.8 Å². The monoisotopic (exact) mass is 429 g/mol. The molecule has 4 aromatic rings. The Balaban J connectivity index is 1.47. The second kappa shape index (κ2) is 7.28. The molecular formula is C24H19N3O3S. The number of nitrogens with zero attached hydrogens (tertiary/aromatic N) is 3. The predicted octanol–water partition coefficient (Wildman–Crippen LogP) is 4.27. The average molecular weight is 430 g/mol. The third-order valence-corrected chi connectivity index (χ3v) is 6.58. The zero-order chi connectivity index (χ0) is 21.7. The van der Waals surface area contributed by atoms with E-state index in [1.54, 1.807) is 29.3 Å². The Hall–Kier alpha value is -3.58. The molecule has 1 aromatic heterocycles. The Labute approximate surface area is 182 Å². The van der Waals surface area contributed by atoms with Gasteiger partial charge in [0.1, 0.15) is 0 Å². The minimum absolute atomic E-state index is 0.109. The second-order valence-electron chi connectivity index (χ2n) is 7.55. The van der Waals surface area contributed by atoms with E-state index in [9.17, 15) is 14.4 Å². The molecule has 1 fully saturated rings. The Morgan fingerprint density at radius 2 is 1.61 bits per heavy atom. The number of thioether (sulfide) groups is 1. The molecule has 0 atom stereocenters. The lowest BCUT2D eigenvalue weighted by Gasteiger charge is -2.14. The fourth-order valence-electron chi connectivity index (χ4n) is 4.00. The van der Waals surface area contributed by atoms with Crippen LogP contribution >= 0.6 is 11.8 Å². The lowest BCUT2D eigenvalue weighted by Crippen LogP contribution is -2.27. The van der Waals surface area contributed by atoms with Gasteiger partial charge in [-0.15, -0.1) is 0 Å². The molecule has 5 rings (SSSR count). The van der Waals surface area contributed by atoms with E-state index in [4.69, 9.17) is 0 Å². The number of amides is 2. The van der Waals surface area contributed by atoms with E-state index in [2.05, 4.69) is 0 Å². The number of imide groups is 1. The van der Waals surface area contributed by atoms with E-state index < -0.39 is 0 Å². The third kappa shape index (κ3) is 3.18. The van der Waals surface area contributed by atoms with Crippen molar-refractivity contribution in [2.24, 2.45) is 14.1 Å². The molecule has 0 saturated carbocycles. The normalized spacial score (nSPS) is 15.7. The standard InChI is InChI=1S/C24H19N3O3S/c1-25-19-11-10-15(12-20(19)26(2)23(25)29)13-21-22(28)27(24(30)31-21)14-17-8-5-7-16-6-3-4-9-18(16)17/h3-13H,14H2,1-2H3/b21-13+. The van der Waals surface area contributed by atoms with Crippen molar-refractivity contribution in [3.05, 3.63) is 87.2 Å². The van der Waals surface area contributed by atoms with E-state index in [0.717, 1.165) is 44.7 Å². The van der Waals surface area contributed by atoms with Crippen LogP contribution in [0.25, 0.3) is 27.9 Å². The van der Waals surface area contributed by atoms with Crippen molar-refractivity contribution in [3.63, 3.8) is 0 Å². The van der Waals surface area contributed by atoms with E-state index in [-0.39, 0.29) is 23.4 Å². The summed E-state index contributed by atoms with van der Waals surface area (Å²) in [5, 5.41) is 1.82. The lowest BCUT2D eigenvalue weighted by molar-refractivity contribution is -0.123. The molecule has 1 saturated heterocycles. The minimum atomic E-state index is -0.301. The smallest absolute Gasteiger partial charge is 0.295 e. The lowest BCUT2D eigenvalue weighted by atomic mass is 10.0. The number of fused-ring (bicyclic) bond motifs is 2. The number of carbonyl (C=O) groups is 2. The molecule has 0 aliphatic carbocycles. The predicted molar refractivity (Wildman–Crippen MR) is 124 cm³/mol. The van der Waals surface area contributed by atoms with Gasteiger partial charge < -0.3 is 0 Å². The zero-order valence-electron chi connectivity index (χ0n) is 17.0. The van der Waals surface area contributed by atoms with E-state index >= 15 is 0 Å². The molecule has 0 radical (unpaired) electrons. The number of imidazole rings is 1. The first-order valence-electron chi connectivity index (χ1n) is 9.81. The summed E-state index contributed by atoms with van der Waals surface area (Å²) in [4.78, 5) is 39.4. The van der Waals surface area contributed by atoms with E-state index in [0.29, 0.717) is 4.91 Å². The van der Waals surface area contributed by atoms with Gasteiger partial charge in [-0.2, -0.15) is 0 Å². The van der Waals surface area contributed by atoms with Crippen LogP contribution in [0.1, 0.15) is 11.1 Å². The molecule has 1 aliphatic rings. The van der Waals surface area contributed by atoms with Crippen molar-refractivity contribution < 1.29 is 9.59 Å². The molecule has 0 spiro atoms. The van der Waals surface area contributed by atoms with Crippen LogP contribution < -0.4 is 5.69 Å². The van der Waals surface area contributed by atoms with Crippen molar-refractivity contribution in [3.8, 4) is 0 Å². The minimum Gasteiger partial charge on any atom is -0.295 e. The van der Waals surface area contributed by atoms with Gasteiger partial charge in [0.15, 0.2) is 0 Å². The first-order chi connectivity index (χ1) is 14.9. The number of rotatable bonds is 3. The number of hydrogen-bond donors (Lipinski definition) is 0. The topological polar surface area (TPSA) is 64.3 Å². The summed E-state index contributed by atoms with van der Waals surface area (Å²) < 4.78 is 3.15. The molecule has 7 heteroatoms. The highest BCUT2D eigenvalue weighted by molar-refractivity contribution is 8.18. The maximum absolute atomic E-state index is 13.0. The highest BCUT2D eigenvalue weighted by Crippen LogP contribution is 2.34. The van der Waals surface area contributed by atoms with Crippen molar-refractivity contribution in [1.29, 1.82) is 0 Å². The fourth-order valence-corrected chi connectivity index (χ4v) is 4.84. The van der Waals surface area contributed by atoms with Gasteiger partial charge in [0.2, 0.25) is 0 Å². The molecular weight excluding hydrogens is 410 g/mol. The zero-order valence-corrected chi connectivity index (χ0v) is 17.8. The van der Waals surface area contributed by atoms with Gasteiger partial charge in [0.25, 0.3) is 11.1 Å². The second-order valence-corrected chi connectivity index (χ2v) is 8.55. The van der Waals surface area contributed by atoms with Crippen molar-refractivity contribution in [2.45, 2.75) is 6.54 Å². The quantitative estimate of drug-likeness (QED) is 0.457. The molecule has 1 aliphatic heterocycles. The summed E-state index contributed by atoms with van der Waals surface area (Å²) in [5.74, 6) is -0.301.